The van der Waals surface area contributed by atoms with E-state index >= 15 is 0 Å². The van der Waals surface area contributed by atoms with Gasteiger partial charge in [-0.05, 0) is 40.5 Å². The van der Waals surface area contributed by atoms with Gasteiger partial charge in [0.25, 0.3) is 0 Å². The Morgan fingerprint density at radius 2 is 1.66 bits per heavy atom. The molecule has 8 nitrogen and oxygen atoms in total. The van der Waals surface area contributed by atoms with Crippen LogP contribution < -0.4 is 10.6 Å². The first-order chi connectivity index (χ1) is 16.9. The van der Waals surface area contributed by atoms with Crippen LogP contribution in [-0.2, 0) is 14.3 Å². The summed E-state index contributed by atoms with van der Waals surface area (Å²) in [4.78, 5) is 36.6. The first kappa shape index (κ1) is 23.8. The number of carboxylic acids is 1. The molecule has 0 bridgehead atoms. The van der Waals surface area contributed by atoms with E-state index in [4.69, 9.17) is 21.6 Å². The van der Waals surface area contributed by atoms with Crippen LogP contribution in [0.4, 0.5) is 10.5 Å². The topological polar surface area (TPSA) is 129 Å². The standard InChI is InChI=1S/C26H20ClN3O5/c27-21-10-9-15(13-28)11-22(21)29-25(33)23(12-24(31)32)30-26(34)35-14-20-18-7-3-1-5-16(18)17-6-2-4-8-19(17)20/h1-11,20,23H,12,14H2,(H,29,33)(H,30,34)(H,31,32). The first-order valence-electron chi connectivity index (χ1n) is 10.7. The molecule has 3 N–H and O–H groups in total. The molecule has 3 aromatic rings. The van der Waals surface area contributed by atoms with Crippen LogP contribution >= 0.6 is 11.6 Å². The summed E-state index contributed by atoms with van der Waals surface area (Å²) >= 11 is 6.07. The lowest BCUT2D eigenvalue weighted by Gasteiger charge is -2.19. The van der Waals surface area contributed by atoms with Crippen molar-refractivity contribution in [2.24, 2.45) is 0 Å². The van der Waals surface area contributed by atoms with Gasteiger partial charge in [-0.15, -0.1) is 0 Å². The minimum atomic E-state index is -1.43. The molecule has 0 saturated carbocycles. The molecule has 1 aliphatic carbocycles. The lowest BCUT2D eigenvalue weighted by molar-refractivity contribution is -0.139. The van der Waals surface area contributed by atoms with Crippen LogP contribution in [-0.4, -0.2) is 35.7 Å². The van der Waals surface area contributed by atoms with Crippen molar-refractivity contribution in [2.75, 3.05) is 11.9 Å². The van der Waals surface area contributed by atoms with Crippen LogP contribution in [0, 0.1) is 11.3 Å². The van der Waals surface area contributed by atoms with Gasteiger partial charge >= 0.3 is 12.1 Å². The van der Waals surface area contributed by atoms with Crippen molar-refractivity contribution in [2.45, 2.75) is 18.4 Å². The number of carboxylic acid groups (broad SMARTS) is 1. The molecular weight excluding hydrogens is 470 g/mol. The molecule has 0 saturated heterocycles. The summed E-state index contributed by atoms with van der Waals surface area (Å²) in [7, 11) is 0. The van der Waals surface area contributed by atoms with E-state index in [0.717, 1.165) is 22.3 Å². The summed E-state index contributed by atoms with van der Waals surface area (Å²) < 4.78 is 5.42. The van der Waals surface area contributed by atoms with Gasteiger partial charge in [-0.3, -0.25) is 9.59 Å². The quantitative estimate of drug-likeness (QED) is 0.447. The number of benzene rings is 3. The summed E-state index contributed by atoms with van der Waals surface area (Å²) in [5.74, 6) is -2.29. The van der Waals surface area contributed by atoms with Gasteiger partial charge in [0, 0.05) is 5.92 Å². The molecule has 0 radical (unpaired) electrons. The molecule has 3 aromatic carbocycles. The molecule has 0 heterocycles. The van der Waals surface area contributed by atoms with Crippen LogP contribution in [0.5, 0.6) is 0 Å². The second-order valence-corrected chi connectivity index (χ2v) is 8.32. The van der Waals surface area contributed by atoms with Gasteiger partial charge in [-0.2, -0.15) is 5.26 Å². The number of carbonyl (C=O) groups is 3. The lowest BCUT2D eigenvalue weighted by atomic mass is 9.98. The Morgan fingerprint density at radius 1 is 1.03 bits per heavy atom. The lowest BCUT2D eigenvalue weighted by Crippen LogP contribution is -2.45. The normalized spacial score (nSPS) is 12.6. The van der Waals surface area contributed by atoms with Gasteiger partial charge in [0.05, 0.1) is 28.8 Å². The van der Waals surface area contributed by atoms with Crippen molar-refractivity contribution in [1.82, 2.24) is 5.32 Å². The number of nitriles is 1. The minimum absolute atomic E-state index is 0.0112. The van der Waals surface area contributed by atoms with Gasteiger partial charge in [-0.1, -0.05) is 60.1 Å². The Morgan fingerprint density at radius 3 is 2.26 bits per heavy atom. The Bertz CT molecular complexity index is 1310. The average molecular weight is 490 g/mol. The summed E-state index contributed by atoms with van der Waals surface area (Å²) in [5.41, 5.74) is 4.56. The second kappa shape index (κ2) is 10.3. The van der Waals surface area contributed by atoms with E-state index in [-0.39, 0.29) is 28.8 Å². The van der Waals surface area contributed by atoms with Gasteiger partial charge < -0.3 is 20.5 Å². The third-order valence-electron chi connectivity index (χ3n) is 5.68. The van der Waals surface area contributed by atoms with E-state index in [2.05, 4.69) is 10.6 Å². The zero-order chi connectivity index (χ0) is 24.9. The monoisotopic (exact) mass is 489 g/mol. The maximum Gasteiger partial charge on any atom is 0.407 e. The van der Waals surface area contributed by atoms with E-state index < -0.39 is 30.4 Å². The number of nitrogens with one attached hydrogen (secondary N) is 2. The zero-order valence-electron chi connectivity index (χ0n) is 18.3. The number of aliphatic carboxylic acids is 1. The Kier molecular flexibility index (Phi) is 6.99. The van der Waals surface area contributed by atoms with E-state index in [1.165, 1.54) is 18.2 Å². The second-order valence-electron chi connectivity index (χ2n) is 7.92. The van der Waals surface area contributed by atoms with Crippen LogP contribution in [0.1, 0.15) is 29.0 Å². The van der Waals surface area contributed by atoms with Crippen LogP contribution in [0.3, 0.4) is 0 Å². The molecular formula is C26H20ClN3O5. The molecule has 0 spiro atoms. The highest BCUT2D eigenvalue weighted by molar-refractivity contribution is 6.33. The summed E-state index contributed by atoms with van der Waals surface area (Å²) in [6, 6.07) is 20.4. The highest BCUT2D eigenvalue weighted by Crippen LogP contribution is 2.44. The number of nitrogens with zero attached hydrogens (tertiary/aromatic N) is 1. The van der Waals surface area contributed by atoms with Gasteiger partial charge in [0.1, 0.15) is 12.6 Å². The molecule has 35 heavy (non-hydrogen) atoms. The number of carbonyl (C=O) groups excluding carboxylic acids is 2. The third-order valence-corrected chi connectivity index (χ3v) is 6.01. The predicted octanol–water partition coefficient (Wildman–Crippen LogP) is 4.53. The number of hydrogen-bond donors (Lipinski definition) is 3. The number of halogens is 1. The number of rotatable bonds is 7. The summed E-state index contributed by atoms with van der Waals surface area (Å²) in [6.45, 7) is 0.0112. The fourth-order valence-corrected chi connectivity index (χ4v) is 4.24. The Hall–Kier alpha value is -4.35. The number of amides is 2. The molecule has 1 aliphatic rings. The highest BCUT2D eigenvalue weighted by Gasteiger charge is 2.30. The Balaban J connectivity index is 1.45. The van der Waals surface area contributed by atoms with Gasteiger partial charge in [0.15, 0.2) is 0 Å². The molecule has 9 heteroatoms. The fourth-order valence-electron chi connectivity index (χ4n) is 4.08. The van der Waals surface area contributed by atoms with Crippen LogP contribution in [0.2, 0.25) is 5.02 Å². The molecule has 1 atom stereocenters. The molecule has 0 aromatic heterocycles. The van der Waals surface area contributed by atoms with E-state index in [1.54, 1.807) is 0 Å². The largest absolute Gasteiger partial charge is 0.481 e. The SMILES string of the molecule is N#Cc1ccc(Cl)c(NC(=O)C(CC(=O)O)NC(=O)OCC2c3ccccc3-c3ccccc32)c1. The number of ether oxygens (including phenoxy) is 1. The van der Waals surface area contributed by atoms with Crippen molar-refractivity contribution in [3.8, 4) is 17.2 Å². The van der Waals surface area contributed by atoms with Crippen molar-refractivity contribution in [1.29, 1.82) is 5.26 Å². The Labute approximate surface area is 206 Å². The molecule has 176 valence electrons. The van der Waals surface area contributed by atoms with E-state index in [9.17, 15) is 19.5 Å². The highest BCUT2D eigenvalue weighted by atomic mass is 35.5. The van der Waals surface area contributed by atoms with E-state index in [0.29, 0.717) is 0 Å². The van der Waals surface area contributed by atoms with Crippen molar-refractivity contribution < 1.29 is 24.2 Å². The fraction of sp³-hybridized carbons (Fsp3) is 0.154. The van der Waals surface area contributed by atoms with E-state index in [1.807, 2.05) is 54.6 Å². The van der Waals surface area contributed by atoms with Crippen LogP contribution in [0.15, 0.2) is 66.7 Å². The average Bonchev–Trinajstić information content (AvgIpc) is 3.17. The van der Waals surface area contributed by atoms with Crippen LogP contribution in [0.25, 0.3) is 11.1 Å². The maximum absolute atomic E-state index is 12.7. The number of hydrogen-bond acceptors (Lipinski definition) is 5. The molecule has 4 rings (SSSR count). The number of fused-ring (bicyclic) bond motifs is 3. The predicted molar refractivity (Wildman–Crippen MR) is 129 cm³/mol. The molecule has 2 amide bonds. The number of anilines is 1. The first-order valence-corrected chi connectivity index (χ1v) is 11.1. The zero-order valence-corrected chi connectivity index (χ0v) is 19.1. The molecule has 0 fully saturated rings. The molecule has 1 unspecified atom stereocenters. The maximum atomic E-state index is 12.7. The van der Waals surface area contributed by atoms with Crippen molar-refractivity contribution >= 4 is 35.3 Å². The minimum Gasteiger partial charge on any atom is -0.481 e. The van der Waals surface area contributed by atoms with Gasteiger partial charge in [-0.25, -0.2) is 4.79 Å². The summed E-state index contributed by atoms with van der Waals surface area (Å²) in [6.07, 6.45) is -1.60. The number of alkyl carbamates (subject to hydrolysis) is 1. The van der Waals surface area contributed by atoms with Crippen molar-refractivity contribution in [3.05, 3.63) is 88.4 Å². The van der Waals surface area contributed by atoms with Crippen molar-refractivity contribution in [3.63, 3.8) is 0 Å². The smallest absolute Gasteiger partial charge is 0.407 e. The molecule has 0 aliphatic heterocycles. The summed E-state index contributed by atoms with van der Waals surface area (Å²) in [5, 5.41) is 23.2. The van der Waals surface area contributed by atoms with Gasteiger partial charge in [0.2, 0.25) is 5.91 Å². The third kappa shape index (κ3) is 5.26.